The molecule has 6 nitrogen and oxygen atoms in total. The molecule has 0 atom stereocenters. The number of hydrogen-bond donors (Lipinski definition) is 2. The summed E-state index contributed by atoms with van der Waals surface area (Å²) in [7, 11) is 0. The third kappa shape index (κ3) is 4.46. The predicted octanol–water partition coefficient (Wildman–Crippen LogP) is 0.449. The summed E-state index contributed by atoms with van der Waals surface area (Å²) >= 11 is 0. The molecule has 0 aromatic carbocycles. The van der Waals surface area contributed by atoms with E-state index in [9.17, 15) is 4.39 Å². The lowest BCUT2D eigenvalue weighted by Gasteiger charge is -2.28. The molecule has 0 spiro atoms. The van der Waals surface area contributed by atoms with Gasteiger partial charge in [-0.05, 0) is 11.6 Å². The maximum atomic E-state index is 13.9. The molecule has 1 fully saturated rings. The first-order valence-electron chi connectivity index (χ1n) is 5.69. The van der Waals surface area contributed by atoms with Crippen LogP contribution in [0.2, 0.25) is 0 Å². The zero-order chi connectivity index (χ0) is 13.0. The van der Waals surface area contributed by atoms with Crippen LogP contribution in [0.15, 0.2) is 17.3 Å². The summed E-state index contributed by atoms with van der Waals surface area (Å²) in [5, 5.41) is 0. The second-order valence-electron chi connectivity index (χ2n) is 3.99. The Labute approximate surface area is 128 Å². The number of aromatic nitrogens is 1. The van der Waals surface area contributed by atoms with Gasteiger partial charge >= 0.3 is 0 Å². The minimum atomic E-state index is -0.361. The summed E-state index contributed by atoms with van der Waals surface area (Å²) in [5.41, 5.74) is 11.1. The van der Waals surface area contributed by atoms with Crippen molar-refractivity contribution in [3.8, 4) is 0 Å². The highest BCUT2D eigenvalue weighted by atomic mass is 127. The number of nitrogens with zero attached hydrogens (tertiary/aromatic N) is 3. The molecule has 0 aliphatic carbocycles. The van der Waals surface area contributed by atoms with Gasteiger partial charge in [0.15, 0.2) is 17.6 Å². The number of morpholine rings is 1. The molecule has 0 amide bonds. The molecule has 1 aliphatic rings. The number of guanidine groups is 1. The van der Waals surface area contributed by atoms with E-state index in [1.54, 1.807) is 6.20 Å². The van der Waals surface area contributed by atoms with Crippen molar-refractivity contribution >= 4 is 35.8 Å². The summed E-state index contributed by atoms with van der Waals surface area (Å²) in [4.78, 5) is 9.80. The molecule has 1 aromatic heterocycles. The third-order valence-electron chi connectivity index (χ3n) is 2.63. The van der Waals surface area contributed by atoms with E-state index >= 15 is 0 Å². The van der Waals surface area contributed by atoms with Crippen LogP contribution in [0.3, 0.4) is 0 Å². The van der Waals surface area contributed by atoms with Gasteiger partial charge in [-0.3, -0.25) is 0 Å². The quantitative estimate of drug-likeness (QED) is 0.451. The molecule has 1 saturated heterocycles. The molecule has 4 N–H and O–H groups in total. The standard InChI is InChI=1S/C11H16FN5O.HI/c12-9-5-8(7-16-11(13)14)6-15-10(9)17-1-3-18-4-2-17;/h5-6H,1-4,7H2,(H4,13,14,16);1H. The maximum absolute atomic E-state index is 13.9. The molecular formula is C11H17FIN5O. The van der Waals surface area contributed by atoms with Gasteiger partial charge in [-0.25, -0.2) is 14.4 Å². The Bertz CT molecular complexity index is 447. The van der Waals surface area contributed by atoms with Gasteiger partial charge in [0, 0.05) is 19.3 Å². The number of ether oxygens (including phenoxy) is 1. The van der Waals surface area contributed by atoms with Crippen molar-refractivity contribution in [2.75, 3.05) is 31.2 Å². The van der Waals surface area contributed by atoms with E-state index in [2.05, 4.69) is 9.98 Å². The average Bonchev–Trinajstić information content (AvgIpc) is 2.37. The van der Waals surface area contributed by atoms with E-state index < -0.39 is 0 Å². The van der Waals surface area contributed by atoms with Crippen LogP contribution in [0.5, 0.6) is 0 Å². The van der Waals surface area contributed by atoms with Crippen molar-refractivity contribution < 1.29 is 9.13 Å². The average molecular weight is 381 g/mol. The number of halogens is 2. The maximum Gasteiger partial charge on any atom is 0.186 e. The molecule has 19 heavy (non-hydrogen) atoms. The van der Waals surface area contributed by atoms with Gasteiger partial charge in [0.2, 0.25) is 0 Å². The Morgan fingerprint density at radius 1 is 1.42 bits per heavy atom. The number of anilines is 1. The van der Waals surface area contributed by atoms with E-state index in [-0.39, 0.29) is 42.3 Å². The molecule has 0 bridgehead atoms. The van der Waals surface area contributed by atoms with Crippen molar-refractivity contribution in [3.63, 3.8) is 0 Å². The van der Waals surface area contributed by atoms with Gasteiger partial charge in [-0.2, -0.15) is 0 Å². The van der Waals surface area contributed by atoms with E-state index in [1.165, 1.54) is 6.07 Å². The molecule has 1 aliphatic heterocycles. The highest BCUT2D eigenvalue weighted by molar-refractivity contribution is 14.0. The number of hydrogen-bond acceptors (Lipinski definition) is 4. The van der Waals surface area contributed by atoms with Gasteiger partial charge in [0.1, 0.15) is 0 Å². The lowest BCUT2D eigenvalue weighted by molar-refractivity contribution is 0.122. The van der Waals surface area contributed by atoms with Crippen molar-refractivity contribution in [2.45, 2.75) is 6.54 Å². The number of aliphatic imine (C=N–C) groups is 1. The van der Waals surface area contributed by atoms with Crippen molar-refractivity contribution in [2.24, 2.45) is 16.5 Å². The van der Waals surface area contributed by atoms with Crippen molar-refractivity contribution in [1.29, 1.82) is 0 Å². The molecule has 8 heteroatoms. The number of rotatable bonds is 3. The zero-order valence-corrected chi connectivity index (χ0v) is 12.7. The molecule has 0 saturated carbocycles. The monoisotopic (exact) mass is 381 g/mol. The van der Waals surface area contributed by atoms with Gasteiger partial charge in [0.05, 0.1) is 19.8 Å². The molecule has 2 heterocycles. The summed E-state index contributed by atoms with van der Waals surface area (Å²) in [6.45, 7) is 2.72. The largest absolute Gasteiger partial charge is 0.378 e. The van der Waals surface area contributed by atoms with Crippen LogP contribution in [0.1, 0.15) is 5.56 Å². The second-order valence-corrected chi connectivity index (χ2v) is 3.99. The van der Waals surface area contributed by atoms with Crippen molar-refractivity contribution in [3.05, 3.63) is 23.6 Å². The first-order chi connectivity index (χ1) is 8.66. The summed E-state index contributed by atoms with van der Waals surface area (Å²) in [6.07, 6.45) is 1.58. The lowest BCUT2D eigenvalue weighted by Crippen LogP contribution is -2.37. The fraction of sp³-hybridized carbons (Fsp3) is 0.455. The Hall–Kier alpha value is -1.16. The van der Waals surface area contributed by atoms with E-state index in [1.807, 2.05) is 4.90 Å². The molecule has 0 radical (unpaired) electrons. The first kappa shape index (κ1) is 15.9. The third-order valence-corrected chi connectivity index (χ3v) is 2.63. The molecule has 106 valence electrons. The van der Waals surface area contributed by atoms with Crippen LogP contribution < -0.4 is 16.4 Å². The normalized spacial score (nSPS) is 14.7. The molecule has 0 unspecified atom stereocenters. The SMILES string of the molecule is I.NC(N)=NCc1cnc(N2CCOCC2)c(F)c1. The zero-order valence-electron chi connectivity index (χ0n) is 10.4. The molecule has 2 rings (SSSR count). The Kier molecular flexibility index (Phi) is 6.22. The highest BCUT2D eigenvalue weighted by Crippen LogP contribution is 2.18. The minimum Gasteiger partial charge on any atom is -0.378 e. The second kappa shape index (κ2) is 7.43. The Morgan fingerprint density at radius 2 is 2.11 bits per heavy atom. The molecular weight excluding hydrogens is 364 g/mol. The summed E-state index contributed by atoms with van der Waals surface area (Å²) < 4.78 is 19.1. The van der Waals surface area contributed by atoms with Crippen LogP contribution >= 0.6 is 24.0 Å². The number of pyridine rings is 1. The fourth-order valence-electron chi connectivity index (χ4n) is 1.75. The minimum absolute atomic E-state index is 0. The fourth-order valence-corrected chi connectivity index (χ4v) is 1.75. The Balaban J connectivity index is 0.00000180. The Morgan fingerprint density at radius 3 is 2.68 bits per heavy atom. The summed E-state index contributed by atoms with van der Waals surface area (Å²) in [6, 6.07) is 1.41. The van der Waals surface area contributed by atoms with Crippen LogP contribution in [0, 0.1) is 5.82 Å². The van der Waals surface area contributed by atoms with Crippen LogP contribution in [0.25, 0.3) is 0 Å². The summed E-state index contributed by atoms with van der Waals surface area (Å²) in [5.74, 6) is -0.0281. The van der Waals surface area contributed by atoms with Crippen molar-refractivity contribution in [1.82, 2.24) is 4.98 Å². The van der Waals surface area contributed by atoms with Gasteiger partial charge < -0.3 is 21.1 Å². The van der Waals surface area contributed by atoms with Gasteiger partial charge in [0.25, 0.3) is 0 Å². The molecule has 1 aromatic rings. The van der Waals surface area contributed by atoms with Crippen LogP contribution in [-0.4, -0.2) is 37.2 Å². The first-order valence-corrected chi connectivity index (χ1v) is 5.69. The van der Waals surface area contributed by atoms with Gasteiger partial charge in [-0.1, -0.05) is 0 Å². The van der Waals surface area contributed by atoms with Crippen LogP contribution in [-0.2, 0) is 11.3 Å². The lowest BCUT2D eigenvalue weighted by atomic mass is 10.2. The smallest absolute Gasteiger partial charge is 0.186 e. The van der Waals surface area contributed by atoms with E-state index in [4.69, 9.17) is 16.2 Å². The highest BCUT2D eigenvalue weighted by Gasteiger charge is 2.16. The van der Waals surface area contributed by atoms with Gasteiger partial charge in [-0.15, -0.1) is 24.0 Å². The van der Waals surface area contributed by atoms with E-state index in [0.29, 0.717) is 37.7 Å². The van der Waals surface area contributed by atoms with Crippen LogP contribution in [0.4, 0.5) is 10.2 Å². The number of nitrogens with two attached hydrogens (primary N) is 2. The predicted molar refractivity (Wildman–Crippen MR) is 82.2 cm³/mol. The van der Waals surface area contributed by atoms with E-state index in [0.717, 1.165) is 0 Å². The topological polar surface area (TPSA) is 89.8 Å².